The number of carbonyl (C=O) groups is 1. The van der Waals surface area contributed by atoms with Crippen molar-refractivity contribution in [2.75, 3.05) is 6.61 Å². The van der Waals surface area contributed by atoms with Crippen LogP contribution in [-0.2, 0) is 22.1 Å². The van der Waals surface area contributed by atoms with E-state index in [9.17, 15) is 33.3 Å². The first-order valence-corrected chi connectivity index (χ1v) is 10.8. The van der Waals surface area contributed by atoms with Gasteiger partial charge in [0.25, 0.3) is 0 Å². The van der Waals surface area contributed by atoms with Crippen LogP contribution >= 0.6 is 0 Å². The molecular formula is C23H31F3O6. The summed E-state index contributed by atoms with van der Waals surface area (Å²) in [5, 5.41) is 39.2. The lowest BCUT2D eigenvalue weighted by Crippen LogP contribution is -2.33. The van der Waals surface area contributed by atoms with Gasteiger partial charge in [0.15, 0.2) is 0 Å². The van der Waals surface area contributed by atoms with Crippen LogP contribution < -0.4 is 0 Å². The summed E-state index contributed by atoms with van der Waals surface area (Å²) in [5.74, 6) is -1.22. The van der Waals surface area contributed by atoms with Crippen LogP contribution in [0.4, 0.5) is 13.2 Å². The monoisotopic (exact) mass is 460 g/mol. The topological polar surface area (TPSA) is 107 Å². The van der Waals surface area contributed by atoms with Gasteiger partial charge in [-0.2, -0.15) is 13.2 Å². The number of aryl methyl sites for hydroxylation is 1. The highest BCUT2D eigenvalue weighted by atomic mass is 19.4. The third-order valence-electron chi connectivity index (χ3n) is 5.62. The van der Waals surface area contributed by atoms with Crippen LogP contribution in [-0.4, -0.2) is 57.4 Å². The van der Waals surface area contributed by atoms with Crippen molar-refractivity contribution in [2.45, 2.75) is 75.5 Å². The molecule has 1 aliphatic rings. The van der Waals surface area contributed by atoms with Crippen LogP contribution in [0.3, 0.4) is 0 Å². The van der Waals surface area contributed by atoms with Gasteiger partial charge in [-0.1, -0.05) is 30.4 Å². The molecule has 0 aromatic heterocycles. The van der Waals surface area contributed by atoms with Gasteiger partial charge in [0.1, 0.15) is 0 Å². The number of rotatable bonds is 12. The maximum atomic E-state index is 12.8. The minimum Gasteiger partial charge on any atom is -0.481 e. The maximum Gasteiger partial charge on any atom is 0.416 e. The van der Waals surface area contributed by atoms with E-state index < -0.39 is 42.1 Å². The zero-order valence-electron chi connectivity index (χ0n) is 17.7. The highest BCUT2D eigenvalue weighted by Gasteiger charge is 2.42. The molecule has 4 N–H and O–H groups in total. The smallest absolute Gasteiger partial charge is 0.416 e. The van der Waals surface area contributed by atoms with Crippen molar-refractivity contribution >= 4 is 5.97 Å². The molecule has 0 bridgehead atoms. The number of hydrogen-bond acceptors (Lipinski definition) is 5. The number of carboxylic acids is 1. The summed E-state index contributed by atoms with van der Waals surface area (Å²) in [7, 11) is 0. The molecule has 1 saturated carbocycles. The number of unbranched alkanes of at least 4 members (excludes halogenated alkanes) is 1. The standard InChI is InChI=1S/C23H31F3O6/c24-23(25,26)16-7-5-6-15(12-16)10-11-17(27)14-32-22-18(19(28)13-20(22)29)8-3-1-2-4-9-21(30)31/h1,3,5-7,12,17-20,22,27-29H,2,4,8-11,13-14H2,(H,30,31)/t17-,18-,19-,20+,22+/m0/s1. The Morgan fingerprint density at radius 3 is 2.66 bits per heavy atom. The molecule has 180 valence electrons. The third kappa shape index (κ3) is 8.54. The molecule has 0 aliphatic heterocycles. The second kappa shape index (κ2) is 12.3. The van der Waals surface area contributed by atoms with E-state index in [-0.39, 0.29) is 38.2 Å². The Bertz CT molecular complexity index is 751. The fourth-order valence-electron chi connectivity index (χ4n) is 3.87. The number of aliphatic hydroxyl groups excluding tert-OH is 3. The molecular weight excluding hydrogens is 429 g/mol. The molecule has 6 nitrogen and oxygen atoms in total. The molecule has 0 radical (unpaired) electrons. The number of aliphatic hydroxyl groups is 3. The average Bonchev–Trinajstić information content (AvgIpc) is 2.99. The average molecular weight is 460 g/mol. The molecule has 0 heterocycles. The van der Waals surface area contributed by atoms with Crippen LogP contribution in [0.25, 0.3) is 0 Å². The van der Waals surface area contributed by atoms with Crippen LogP contribution in [0.1, 0.15) is 49.7 Å². The summed E-state index contributed by atoms with van der Waals surface area (Å²) >= 11 is 0. The number of benzene rings is 1. The van der Waals surface area contributed by atoms with Gasteiger partial charge in [0, 0.05) is 18.8 Å². The zero-order valence-corrected chi connectivity index (χ0v) is 17.7. The van der Waals surface area contributed by atoms with Gasteiger partial charge in [-0.05, 0) is 43.7 Å². The maximum absolute atomic E-state index is 12.8. The molecule has 0 saturated heterocycles. The van der Waals surface area contributed by atoms with Crippen molar-refractivity contribution in [3.63, 3.8) is 0 Å². The first-order chi connectivity index (χ1) is 15.1. The minimum absolute atomic E-state index is 0.0826. The fourth-order valence-corrected chi connectivity index (χ4v) is 3.87. The lowest BCUT2D eigenvalue weighted by molar-refractivity contribution is -0.138. The highest BCUT2D eigenvalue weighted by molar-refractivity contribution is 5.66. The molecule has 0 amide bonds. The van der Waals surface area contributed by atoms with Crippen LogP contribution in [0, 0.1) is 5.92 Å². The predicted molar refractivity (Wildman–Crippen MR) is 111 cm³/mol. The molecule has 0 unspecified atom stereocenters. The second-order valence-electron chi connectivity index (χ2n) is 8.22. The van der Waals surface area contributed by atoms with E-state index in [4.69, 9.17) is 9.84 Å². The summed E-state index contributed by atoms with van der Waals surface area (Å²) in [6, 6.07) is 4.95. The molecule has 5 atom stereocenters. The third-order valence-corrected chi connectivity index (χ3v) is 5.62. The van der Waals surface area contributed by atoms with Crippen molar-refractivity contribution in [1.29, 1.82) is 0 Å². The van der Waals surface area contributed by atoms with Gasteiger partial charge in [0.2, 0.25) is 0 Å². The van der Waals surface area contributed by atoms with Gasteiger partial charge >= 0.3 is 12.1 Å². The molecule has 9 heteroatoms. The largest absolute Gasteiger partial charge is 0.481 e. The van der Waals surface area contributed by atoms with Crippen molar-refractivity contribution < 1.29 is 43.1 Å². The fraction of sp³-hybridized carbons (Fsp3) is 0.609. The number of alkyl halides is 3. The normalized spacial score (nSPS) is 24.8. The number of halogens is 3. The van der Waals surface area contributed by atoms with Crippen molar-refractivity contribution in [1.82, 2.24) is 0 Å². The Hall–Kier alpha value is -1.94. The van der Waals surface area contributed by atoms with E-state index in [1.165, 1.54) is 6.07 Å². The lowest BCUT2D eigenvalue weighted by atomic mass is 9.98. The molecule has 32 heavy (non-hydrogen) atoms. The Balaban J connectivity index is 1.80. The Kier molecular flexibility index (Phi) is 10.1. The van der Waals surface area contributed by atoms with Crippen LogP contribution in [0.5, 0.6) is 0 Å². The molecule has 1 aliphatic carbocycles. The van der Waals surface area contributed by atoms with Gasteiger partial charge < -0.3 is 25.2 Å². The van der Waals surface area contributed by atoms with E-state index in [0.29, 0.717) is 24.8 Å². The van der Waals surface area contributed by atoms with Gasteiger partial charge in [-0.15, -0.1) is 0 Å². The first kappa shape index (κ1) is 26.3. The lowest BCUT2D eigenvalue weighted by Gasteiger charge is -2.24. The summed E-state index contributed by atoms with van der Waals surface area (Å²) in [5.41, 5.74) is -0.274. The SMILES string of the molecule is O=C(O)CCCC=CC[C@@H]1[C@@H](OC[C@@H](O)CCc2cccc(C(F)(F)F)c2)[C@H](O)C[C@@H]1O. The molecule has 1 fully saturated rings. The van der Waals surface area contributed by atoms with E-state index in [2.05, 4.69) is 0 Å². The number of carboxylic acid groups (broad SMARTS) is 1. The van der Waals surface area contributed by atoms with E-state index in [0.717, 1.165) is 12.1 Å². The Labute approximate surface area is 185 Å². The van der Waals surface area contributed by atoms with Crippen molar-refractivity contribution in [3.05, 3.63) is 47.5 Å². The Morgan fingerprint density at radius 1 is 1.22 bits per heavy atom. The number of ether oxygens (including phenoxy) is 1. The van der Waals surface area contributed by atoms with Crippen LogP contribution in [0.15, 0.2) is 36.4 Å². The minimum atomic E-state index is -4.42. The second-order valence-corrected chi connectivity index (χ2v) is 8.22. The predicted octanol–water partition coefficient (Wildman–Crippen LogP) is 3.33. The summed E-state index contributed by atoms with van der Waals surface area (Å²) in [6.07, 6.45) is -1.78. The first-order valence-electron chi connectivity index (χ1n) is 10.8. The molecule has 1 aromatic carbocycles. The van der Waals surface area contributed by atoms with Gasteiger partial charge in [-0.25, -0.2) is 0 Å². The quantitative estimate of drug-likeness (QED) is 0.282. The van der Waals surface area contributed by atoms with Gasteiger partial charge in [0.05, 0.1) is 36.6 Å². The molecule has 1 aromatic rings. The summed E-state index contributed by atoms with van der Waals surface area (Å²) in [4.78, 5) is 10.5. The van der Waals surface area contributed by atoms with Gasteiger partial charge in [-0.3, -0.25) is 4.79 Å². The zero-order chi connectivity index (χ0) is 23.7. The summed E-state index contributed by atoms with van der Waals surface area (Å²) < 4.78 is 44.1. The number of aliphatic carboxylic acids is 1. The number of hydrogen-bond donors (Lipinski definition) is 4. The summed E-state index contributed by atoms with van der Waals surface area (Å²) in [6.45, 7) is -0.105. The molecule has 2 rings (SSSR count). The van der Waals surface area contributed by atoms with E-state index in [1.807, 2.05) is 12.2 Å². The molecule has 0 spiro atoms. The Morgan fingerprint density at radius 2 is 1.97 bits per heavy atom. The van der Waals surface area contributed by atoms with E-state index in [1.54, 1.807) is 6.07 Å². The van der Waals surface area contributed by atoms with Crippen molar-refractivity contribution in [3.8, 4) is 0 Å². The number of allylic oxidation sites excluding steroid dienone is 2. The van der Waals surface area contributed by atoms with E-state index >= 15 is 0 Å². The van der Waals surface area contributed by atoms with Crippen molar-refractivity contribution in [2.24, 2.45) is 5.92 Å². The van der Waals surface area contributed by atoms with Crippen LogP contribution in [0.2, 0.25) is 0 Å². The highest BCUT2D eigenvalue weighted by Crippen LogP contribution is 2.33.